The van der Waals surface area contributed by atoms with Crippen molar-refractivity contribution in [3.63, 3.8) is 0 Å². The SMILES string of the molecule is CC([NH2+]CCC(=O)C(C)(C)C)C(O)c1ccccc1.[Cl-]. The molecule has 3 N–H and O–H groups in total. The van der Waals surface area contributed by atoms with E-state index in [0.29, 0.717) is 6.42 Å². The predicted octanol–water partition coefficient (Wildman–Crippen LogP) is -1.32. The highest BCUT2D eigenvalue weighted by Gasteiger charge is 2.23. The van der Waals surface area contributed by atoms with Gasteiger partial charge in [-0.3, -0.25) is 4.79 Å². The van der Waals surface area contributed by atoms with Crippen LogP contribution in [-0.4, -0.2) is 23.5 Å². The van der Waals surface area contributed by atoms with Crippen LogP contribution in [0.1, 0.15) is 45.8 Å². The van der Waals surface area contributed by atoms with Crippen molar-refractivity contribution in [2.24, 2.45) is 5.41 Å². The summed E-state index contributed by atoms with van der Waals surface area (Å²) in [6.07, 6.45) is 0.0564. The Morgan fingerprint density at radius 3 is 2.30 bits per heavy atom. The Labute approximate surface area is 128 Å². The molecule has 1 rings (SSSR count). The van der Waals surface area contributed by atoms with Crippen molar-refractivity contribution < 1.29 is 27.6 Å². The smallest absolute Gasteiger partial charge is 0.143 e. The number of quaternary nitrogens is 1. The van der Waals surface area contributed by atoms with Crippen molar-refractivity contribution in [1.29, 1.82) is 0 Å². The van der Waals surface area contributed by atoms with Crippen LogP contribution in [0.4, 0.5) is 0 Å². The van der Waals surface area contributed by atoms with Gasteiger partial charge in [0.25, 0.3) is 0 Å². The zero-order valence-corrected chi connectivity index (χ0v) is 13.5. The van der Waals surface area contributed by atoms with Crippen LogP contribution >= 0.6 is 0 Å². The van der Waals surface area contributed by atoms with Gasteiger partial charge in [0, 0.05) is 5.41 Å². The van der Waals surface area contributed by atoms with Crippen molar-refractivity contribution >= 4 is 5.78 Å². The molecule has 2 unspecified atom stereocenters. The van der Waals surface area contributed by atoms with Crippen LogP contribution in [0.15, 0.2) is 30.3 Å². The summed E-state index contributed by atoms with van der Waals surface area (Å²) in [6.45, 7) is 8.53. The highest BCUT2D eigenvalue weighted by molar-refractivity contribution is 5.83. The van der Waals surface area contributed by atoms with Crippen LogP contribution in [0, 0.1) is 5.41 Å². The number of hydrogen-bond acceptors (Lipinski definition) is 2. The molecule has 2 atom stereocenters. The number of carbonyl (C=O) groups is 1. The first-order chi connectivity index (χ1) is 8.82. The zero-order valence-electron chi connectivity index (χ0n) is 12.8. The minimum atomic E-state index is -0.495. The second-order valence-corrected chi connectivity index (χ2v) is 6.16. The van der Waals surface area contributed by atoms with Gasteiger partial charge in [0.2, 0.25) is 0 Å². The maximum absolute atomic E-state index is 11.8. The van der Waals surface area contributed by atoms with E-state index in [2.05, 4.69) is 0 Å². The summed E-state index contributed by atoms with van der Waals surface area (Å²) in [5.74, 6) is 0.269. The van der Waals surface area contributed by atoms with E-state index in [-0.39, 0.29) is 29.6 Å². The Hall–Kier alpha value is -0.900. The highest BCUT2D eigenvalue weighted by atomic mass is 35.5. The normalized spacial score (nSPS) is 14.2. The van der Waals surface area contributed by atoms with Crippen molar-refractivity contribution in [3.05, 3.63) is 35.9 Å². The van der Waals surface area contributed by atoms with Gasteiger partial charge in [-0.25, -0.2) is 0 Å². The average molecular weight is 300 g/mol. The highest BCUT2D eigenvalue weighted by Crippen LogP contribution is 2.16. The largest absolute Gasteiger partial charge is 1.00 e. The molecule has 0 aromatic heterocycles. The molecule has 0 heterocycles. The lowest BCUT2D eigenvalue weighted by molar-refractivity contribution is -0.693. The van der Waals surface area contributed by atoms with Gasteiger partial charge in [-0.1, -0.05) is 51.1 Å². The van der Waals surface area contributed by atoms with Crippen LogP contribution in [0.5, 0.6) is 0 Å². The molecular formula is C16H26ClNO2. The molecule has 114 valence electrons. The van der Waals surface area contributed by atoms with E-state index in [1.165, 1.54) is 0 Å². The van der Waals surface area contributed by atoms with E-state index < -0.39 is 6.10 Å². The van der Waals surface area contributed by atoms with Crippen LogP contribution in [0.2, 0.25) is 0 Å². The summed E-state index contributed by atoms with van der Waals surface area (Å²) in [5, 5.41) is 12.2. The van der Waals surface area contributed by atoms with Crippen LogP contribution in [0.3, 0.4) is 0 Å². The summed E-state index contributed by atoms with van der Waals surface area (Å²) >= 11 is 0. The molecule has 20 heavy (non-hydrogen) atoms. The second kappa shape index (κ2) is 8.40. The van der Waals surface area contributed by atoms with E-state index in [0.717, 1.165) is 12.1 Å². The zero-order chi connectivity index (χ0) is 14.5. The minimum Gasteiger partial charge on any atom is -1.00 e. The number of hydrogen-bond donors (Lipinski definition) is 2. The van der Waals surface area contributed by atoms with Gasteiger partial charge in [0.15, 0.2) is 0 Å². The average Bonchev–Trinajstić information content (AvgIpc) is 2.37. The van der Waals surface area contributed by atoms with E-state index >= 15 is 0 Å². The molecular weight excluding hydrogens is 274 g/mol. The van der Waals surface area contributed by atoms with Gasteiger partial charge < -0.3 is 22.8 Å². The Morgan fingerprint density at radius 2 is 1.80 bits per heavy atom. The van der Waals surface area contributed by atoms with Gasteiger partial charge in [0.05, 0.1) is 13.0 Å². The fraction of sp³-hybridized carbons (Fsp3) is 0.562. The first-order valence-electron chi connectivity index (χ1n) is 6.92. The molecule has 4 heteroatoms. The molecule has 0 fully saturated rings. The second-order valence-electron chi connectivity index (χ2n) is 6.16. The maximum atomic E-state index is 11.8. The van der Waals surface area contributed by atoms with Crippen LogP contribution < -0.4 is 17.7 Å². The lowest BCUT2D eigenvalue weighted by Crippen LogP contribution is -3.00. The molecule has 0 saturated carbocycles. The van der Waals surface area contributed by atoms with E-state index in [4.69, 9.17) is 0 Å². The Bertz CT molecular complexity index is 401. The van der Waals surface area contributed by atoms with E-state index in [1.54, 1.807) is 0 Å². The molecule has 0 aliphatic rings. The minimum absolute atomic E-state index is 0. The fourth-order valence-electron chi connectivity index (χ4n) is 1.93. The fourth-order valence-corrected chi connectivity index (χ4v) is 1.93. The number of halogens is 1. The molecule has 0 radical (unpaired) electrons. The molecule has 1 aromatic carbocycles. The standard InChI is InChI=1S/C16H25NO2.ClH/c1-12(15(19)13-8-6-5-7-9-13)17-11-10-14(18)16(2,3)4;/h5-9,12,15,17,19H,10-11H2,1-4H3;1H. The quantitative estimate of drug-likeness (QED) is 0.685. The molecule has 0 saturated heterocycles. The molecule has 1 aromatic rings. The Kier molecular flexibility index (Phi) is 8.02. The first-order valence-corrected chi connectivity index (χ1v) is 6.92. The van der Waals surface area contributed by atoms with Crippen molar-refractivity contribution in [1.82, 2.24) is 0 Å². The molecule has 0 aliphatic carbocycles. The number of rotatable bonds is 6. The number of Topliss-reactive ketones (excluding diaryl/α,β-unsaturated/α-hetero) is 1. The van der Waals surface area contributed by atoms with Crippen molar-refractivity contribution in [2.75, 3.05) is 6.54 Å². The van der Waals surface area contributed by atoms with Gasteiger partial charge in [0.1, 0.15) is 17.9 Å². The number of aliphatic hydroxyl groups is 1. The summed E-state index contributed by atoms with van der Waals surface area (Å²) in [5.41, 5.74) is 0.656. The third-order valence-electron chi connectivity index (χ3n) is 3.39. The van der Waals surface area contributed by atoms with Crippen LogP contribution in [0.25, 0.3) is 0 Å². The summed E-state index contributed by atoms with van der Waals surface area (Å²) in [4.78, 5) is 11.8. The molecule has 0 spiro atoms. The molecule has 0 aliphatic heterocycles. The van der Waals surface area contributed by atoms with Crippen LogP contribution in [-0.2, 0) is 4.79 Å². The van der Waals surface area contributed by atoms with E-state index in [1.807, 2.05) is 63.3 Å². The molecule has 3 nitrogen and oxygen atoms in total. The lowest BCUT2D eigenvalue weighted by atomic mass is 9.89. The molecule has 0 amide bonds. The van der Waals surface area contributed by atoms with E-state index in [9.17, 15) is 9.90 Å². The number of benzene rings is 1. The number of nitrogens with two attached hydrogens (primary N) is 1. The maximum Gasteiger partial charge on any atom is 0.143 e. The Morgan fingerprint density at radius 1 is 1.25 bits per heavy atom. The monoisotopic (exact) mass is 299 g/mol. The van der Waals surface area contributed by atoms with Crippen molar-refractivity contribution in [2.45, 2.75) is 46.3 Å². The summed E-state index contributed by atoms with van der Waals surface area (Å²) < 4.78 is 0. The Balaban J connectivity index is 0.00000361. The predicted molar refractivity (Wildman–Crippen MR) is 76.7 cm³/mol. The van der Waals surface area contributed by atoms with Crippen molar-refractivity contribution in [3.8, 4) is 0 Å². The summed E-state index contributed by atoms with van der Waals surface area (Å²) in [7, 11) is 0. The number of aliphatic hydroxyl groups excluding tert-OH is 1. The topological polar surface area (TPSA) is 53.9 Å². The van der Waals surface area contributed by atoms with Gasteiger partial charge in [-0.15, -0.1) is 0 Å². The first kappa shape index (κ1) is 19.1. The van der Waals surface area contributed by atoms with Gasteiger partial charge in [-0.2, -0.15) is 0 Å². The van der Waals surface area contributed by atoms with Gasteiger partial charge in [-0.05, 0) is 12.5 Å². The lowest BCUT2D eigenvalue weighted by Gasteiger charge is -2.19. The van der Waals surface area contributed by atoms with Gasteiger partial charge >= 0.3 is 0 Å². The number of carbonyl (C=O) groups excluding carboxylic acids is 1. The number of ketones is 1. The summed E-state index contributed by atoms with van der Waals surface area (Å²) in [6, 6.07) is 9.69. The molecule has 0 bridgehead atoms. The third kappa shape index (κ3) is 6.04. The third-order valence-corrected chi connectivity index (χ3v) is 3.39.